The fourth-order valence-electron chi connectivity index (χ4n) is 4.40. The van der Waals surface area contributed by atoms with E-state index in [-0.39, 0.29) is 36.8 Å². The number of ketones is 1. The van der Waals surface area contributed by atoms with Crippen LogP contribution in [0.1, 0.15) is 28.4 Å². The molecule has 0 spiro atoms. The Bertz CT molecular complexity index is 1240. The van der Waals surface area contributed by atoms with E-state index in [1.165, 1.54) is 10.1 Å². The molecule has 0 aliphatic carbocycles. The van der Waals surface area contributed by atoms with Crippen molar-refractivity contribution in [3.05, 3.63) is 98.2 Å². The standard InChI is InChI=1S/C26H31N5O3/c1-2-30-25(33)23(24(27)31(26(30)34)18-21-11-7-4-8-12-21)22(32)19-29-15-13-28(14-16-29)17-20-9-5-3-6-10-20/h3-12H,2,13-19,27H2,1H3. The van der Waals surface area contributed by atoms with Crippen LogP contribution in [-0.2, 0) is 19.6 Å². The maximum absolute atomic E-state index is 13.2. The third kappa shape index (κ3) is 5.18. The van der Waals surface area contributed by atoms with Crippen molar-refractivity contribution < 1.29 is 4.79 Å². The van der Waals surface area contributed by atoms with Crippen molar-refractivity contribution in [3.63, 3.8) is 0 Å². The summed E-state index contributed by atoms with van der Waals surface area (Å²) in [7, 11) is 0. The summed E-state index contributed by atoms with van der Waals surface area (Å²) >= 11 is 0. The van der Waals surface area contributed by atoms with E-state index < -0.39 is 11.2 Å². The molecule has 0 saturated carbocycles. The first-order valence-electron chi connectivity index (χ1n) is 11.7. The summed E-state index contributed by atoms with van der Waals surface area (Å²) in [6, 6.07) is 19.7. The highest BCUT2D eigenvalue weighted by atomic mass is 16.2. The van der Waals surface area contributed by atoms with Crippen LogP contribution in [0.5, 0.6) is 0 Å². The first-order valence-corrected chi connectivity index (χ1v) is 11.7. The van der Waals surface area contributed by atoms with Crippen LogP contribution in [0.25, 0.3) is 0 Å². The zero-order valence-electron chi connectivity index (χ0n) is 19.5. The molecular weight excluding hydrogens is 430 g/mol. The number of hydrogen-bond acceptors (Lipinski definition) is 6. The molecule has 0 amide bonds. The number of nitrogen functional groups attached to an aromatic ring is 1. The van der Waals surface area contributed by atoms with E-state index >= 15 is 0 Å². The van der Waals surface area contributed by atoms with Crippen LogP contribution in [0.15, 0.2) is 70.3 Å². The van der Waals surface area contributed by atoms with Crippen LogP contribution >= 0.6 is 0 Å². The summed E-state index contributed by atoms with van der Waals surface area (Å²) in [5, 5.41) is 0. The fraction of sp³-hybridized carbons (Fsp3) is 0.346. The minimum Gasteiger partial charge on any atom is -0.384 e. The van der Waals surface area contributed by atoms with Gasteiger partial charge in [-0.2, -0.15) is 0 Å². The Balaban J connectivity index is 1.50. The second-order valence-corrected chi connectivity index (χ2v) is 8.63. The van der Waals surface area contributed by atoms with Crippen LogP contribution < -0.4 is 17.0 Å². The van der Waals surface area contributed by atoms with Gasteiger partial charge in [-0.1, -0.05) is 60.7 Å². The Morgan fingerprint density at radius 1 is 0.794 bits per heavy atom. The molecule has 2 heterocycles. The number of nitrogens with two attached hydrogens (primary N) is 1. The van der Waals surface area contributed by atoms with Gasteiger partial charge in [-0.05, 0) is 18.1 Å². The summed E-state index contributed by atoms with van der Waals surface area (Å²) < 4.78 is 2.41. The Morgan fingerprint density at radius 2 is 1.32 bits per heavy atom. The Hall–Kier alpha value is -3.49. The van der Waals surface area contributed by atoms with Crippen LogP contribution in [0.3, 0.4) is 0 Å². The minimum atomic E-state index is -0.609. The van der Waals surface area contributed by atoms with E-state index in [0.29, 0.717) is 0 Å². The lowest BCUT2D eigenvalue weighted by Gasteiger charge is -2.34. The average Bonchev–Trinajstić information content (AvgIpc) is 2.85. The number of carbonyl (C=O) groups is 1. The number of anilines is 1. The number of piperazine rings is 1. The molecule has 8 nitrogen and oxygen atoms in total. The Kier molecular flexibility index (Phi) is 7.40. The van der Waals surface area contributed by atoms with Crippen molar-refractivity contribution in [2.45, 2.75) is 26.6 Å². The summed E-state index contributed by atoms with van der Waals surface area (Å²) in [5.41, 5.74) is 7.20. The van der Waals surface area contributed by atoms with Gasteiger partial charge in [0.1, 0.15) is 11.4 Å². The van der Waals surface area contributed by atoms with E-state index in [0.717, 1.165) is 42.9 Å². The molecule has 0 bridgehead atoms. The molecule has 1 aromatic heterocycles. The quantitative estimate of drug-likeness (QED) is 0.513. The van der Waals surface area contributed by atoms with Crippen LogP contribution in [0, 0.1) is 0 Å². The molecule has 0 unspecified atom stereocenters. The van der Waals surface area contributed by atoms with Gasteiger partial charge >= 0.3 is 5.69 Å². The molecule has 34 heavy (non-hydrogen) atoms. The van der Waals surface area contributed by atoms with Crippen LogP contribution in [0.2, 0.25) is 0 Å². The highest BCUT2D eigenvalue weighted by molar-refractivity contribution is 6.01. The number of carbonyl (C=O) groups excluding carboxylic acids is 1. The van der Waals surface area contributed by atoms with Crippen molar-refractivity contribution in [1.29, 1.82) is 0 Å². The van der Waals surface area contributed by atoms with Crippen molar-refractivity contribution in [2.75, 3.05) is 38.5 Å². The number of rotatable bonds is 8. The van der Waals surface area contributed by atoms with Gasteiger partial charge in [0.25, 0.3) is 5.56 Å². The van der Waals surface area contributed by atoms with Gasteiger partial charge in [0, 0.05) is 39.3 Å². The predicted octanol–water partition coefficient (Wildman–Crippen LogP) is 1.66. The van der Waals surface area contributed by atoms with Crippen molar-refractivity contribution >= 4 is 11.6 Å². The number of benzene rings is 2. The van der Waals surface area contributed by atoms with Gasteiger partial charge in [0.2, 0.25) is 0 Å². The lowest BCUT2D eigenvalue weighted by molar-refractivity contribution is 0.0842. The maximum atomic E-state index is 13.2. The van der Waals surface area contributed by atoms with Gasteiger partial charge in [-0.25, -0.2) is 4.79 Å². The average molecular weight is 462 g/mol. The zero-order chi connectivity index (χ0) is 24.1. The number of Topliss-reactive ketones (excluding diaryl/α,β-unsaturated/α-hetero) is 1. The van der Waals surface area contributed by atoms with Gasteiger partial charge in [-0.15, -0.1) is 0 Å². The van der Waals surface area contributed by atoms with E-state index in [2.05, 4.69) is 17.0 Å². The van der Waals surface area contributed by atoms with E-state index in [1.54, 1.807) is 6.92 Å². The lowest BCUT2D eigenvalue weighted by atomic mass is 10.1. The molecule has 4 rings (SSSR count). The molecule has 8 heteroatoms. The predicted molar refractivity (Wildman–Crippen MR) is 133 cm³/mol. The normalized spacial score (nSPS) is 14.9. The summed E-state index contributed by atoms with van der Waals surface area (Å²) in [6.45, 7) is 6.19. The monoisotopic (exact) mass is 461 g/mol. The molecular formula is C26H31N5O3. The smallest absolute Gasteiger partial charge is 0.332 e. The van der Waals surface area contributed by atoms with Crippen LogP contribution in [-0.4, -0.2) is 57.4 Å². The number of hydrogen-bond donors (Lipinski definition) is 1. The SMILES string of the molecule is CCn1c(=O)c(C(=O)CN2CCN(Cc3ccccc3)CC2)c(N)n(Cc2ccccc2)c1=O. The summed E-state index contributed by atoms with van der Waals surface area (Å²) in [6.07, 6.45) is 0. The summed E-state index contributed by atoms with van der Waals surface area (Å²) in [5.74, 6) is -0.403. The van der Waals surface area contributed by atoms with E-state index in [4.69, 9.17) is 5.73 Å². The molecule has 1 saturated heterocycles. The number of aromatic nitrogens is 2. The zero-order valence-corrected chi connectivity index (χ0v) is 19.5. The fourth-order valence-corrected chi connectivity index (χ4v) is 4.40. The third-order valence-electron chi connectivity index (χ3n) is 6.33. The maximum Gasteiger partial charge on any atom is 0.332 e. The highest BCUT2D eigenvalue weighted by Crippen LogP contribution is 2.12. The first-order chi connectivity index (χ1) is 16.5. The number of nitrogens with zero attached hydrogens (tertiary/aromatic N) is 4. The highest BCUT2D eigenvalue weighted by Gasteiger charge is 2.25. The van der Waals surface area contributed by atoms with Gasteiger partial charge in [0.15, 0.2) is 5.78 Å². The van der Waals surface area contributed by atoms with Crippen molar-refractivity contribution in [3.8, 4) is 0 Å². The van der Waals surface area contributed by atoms with E-state index in [9.17, 15) is 14.4 Å². The van der Waals surface area contributed by atoms with Gasteiger partial charge < -0.3 is 5.73 Å². The van der Waals surface area contributed by atoms with Crippen molar-refractivity contribution in [1.82, 2.24) is 18.9 Å². The minimum absolute atomic E-state index is 0.0590. The second-order valence-electron chi connectivity index (χ2n) is 8.63. The first kappa shape index (κ1) is 23.7. The molecule has 1 fully saturated rings. The molecule has 2 N–H and O–H groups in total. The topological polar surface area (TPSA) is 93.6 Å². The summed E-state index contributed by atoms with van der Waals surface area (Å²) in [4.78, 5) is 43.6. The molecule has 2 aromatic carbocycles. The largest absolute Gasteiger partial charge is 0.384 e. The molecule has 178 valence electrons. The lowest BCUT2D eigenvalue weighted by Crippen LogP contribution is -2.49. The molecule has 1 aliphatic heterocycles. The second kappa shape index (κ2) is 10.6. The van der Waals surface area contributed by atoms with E-state index in [1.807, 2.05) is 53.4 Å². The van der Waals surface area contributed by atoms with Crippen molar-refractivity contribution in [2.24, 2.45) is 0 Å². The van der Waals surface area contributed by atoms with Crippen LogP contribution in [0.4, 0.5) is 5.82 Å². The van der Waals surface area contributed by atoms with Gasteiger partial charge in [-0.3, -0.25) is 28.5 Å². The Labute approximate surface area is 198 Å². The third-order valence-corrected chi connectivity index (χ3v) is 6.33. The molecule has 1 aliphatic rings. The molecule has 3 aromatic rings. The van der Waals surface area contributed by atoms with Gasteiger partial charge in [0.05, 0.1) is 13.1 Å². The molecule has 0 atom stereocenters. The Morgan fingerprint density at radius 3 is 1.88 bits per heavy atom. The molecule has 0 radical (unpaired) electrons.